The topological polar surface area (TPSA) is 63.2 Å². The SMILES string of the molecule is O=C(NCCc1cccs1)C1(S(=O)(=O)c2ccc(Cl)cc2)CCCC1. The minimum absolute atomic E-state index is 0.159. The summed E-state index contributed by atoms with van der Waals surface area (Å²) < 4.78 is 25.0. The third kappa shape index (κ3) is 3.61. The molecule has 1 fully saturated rings. The van der Waals surface area contributed by atoms with Crippen molar-refractivity contribution >= 4 is 38.7 Å². The average Bonchev–Trinajstić information content (AvgIpc) is 3.27. The molecule has 1 aromatic heterocycles. The van der Waals surface area contributed by atoms with E-state index in [2.05, 4.69) is 5.32 Å². The predicted octanol–water partition coefficient (Wildman–Crippen LogP) is 3.85. The maximum Gasteiger partial charge on any atom is 0.241 e. The Bertz CT molecular complexity index is 824. The lowest BCUT2D eigenvalue weighted by atomic mass is 10.1. The molecule has 7 heteroatoms. The first kappa shape index (κ1) is 18.4. The van der Waals surface area contributed by atoms with E-state index in [0.29, 0.717) is 30.8 Å². The third-order valence-corrected chi connectivity index (χ3v) is 8.40. The standard InChI is InChI=1S/C18H20ClNO3S2/c19-14-5-7-16(8-6-14)25(22,23)18(10-1-2-11-18)17(21)20-12-9-15-4-3-13-24-15/h3-8,13H,1-2,9-12H2,(H,20,21). The summed E-state index contributed by atoms with van der Waals surface area (Å²) in [5.74, 6) is -0.378. The van der Waals surface area contributed by atoms with Crippen molar-refractivity contribution in [3.63, 3.8) is 0 Å². The van der Waals surface area contributed by atoms with E-state index in [1.165, 1.54) is 17.0 Å². The normalized spacial score (nSPS) is 16.7. The van der Waals surface area contributed by atoms with E-state index in [1.54, 1.807) is 23.5 Å². The van der Waals surface area contributed by atoms with Crippen LogP contribution in [0.5, 0.6) is 0 Å². The Labute approximate surface area is 157 Å². The highest BCUT2D eigenvalue weighted by molar-refractivity contribution is 7.93. The molecule has 1 saturated carbocycles. The van der Waals surface area contributed by atoms with Gasteiger partial charge < -0.3 is 5.32 Å². The lowest BCUT2D eigenvalue weighted by Gasteiger charge is -2.27. The van der Waals surface area contributed by atoms with Crippen molar-refractivity contribution in [2.24, 2.45) is 0 Å². The maximum atomic E-state index is 13.2. The fraction of sp³-hybridized carbons (Fsp3) is 0.389. The number of nitrogens with one attached hydrogen (secondary N) is 1. The summed E-state index contributed by atoms with van der Waals surface area (Å²) in [7, 11) is -3.77. The molecule has 3 rings (SSSR count). The van der Waals surface area contributed by atoms with E-state index in [-0.39, 0.29) is 10.8 Å². The van der Waals surface area contributed by atoms with Gasteiger partial charge in [0, 0.05) is 16.4 Å². The molecule has 1 aromatic carbocycles. The fourth-order valence-corrected chi connectivity index (χ4v) is 6.24. The van der Waals surface area contributed by atoms with Crippen LogP contribution in [0, 0.1) is 0 Å². The number of hydrogen-bond donors (Lipinski definition) is 1. The Kier molecular flexibility index (Phi) is 5.51. The molecule has 0 atom stereocenters. The van der Waals surface area contributed by atoms with E-state index in [9.17, 15) is 13.2 Å². The number of carbonyl (C=O) groups excluding carboxylic acids is 1. The van der Waals surface area contributed by atoms with Gasteiger partial charge in [0.2, 0.25) is 5.91 Å². The lowest BCUT2D eigenvalue weighted by molar-refractivity contribution is -0.123. The molecule has 0 unspecified atom stereocenters. The van der Waals surface area contributed by atoms with Crippen molar-refractivity contribution < 1.29 is 13.2 Å². The molecule has 0 saturated heterocycles. The zero-order valence-corrected chi connectivity index (χ0v) is 16.1. The van der Waals surface area contributed by atoms with Crippen LogP contribution < -0.4 is 5.32 Å². The molecule has 1 aliphatic carbocycles. The van der Waals surface area contributed by atoms with E-state index in [4.69, 9.17) is 11.6 Å². The highest BCUT2D eigenvalue weighted by Gasteiger charge is 2.52. The molecule has 0 spiro atoms. The molecule has 1 heterocycles. The number of sulfone groups is 1. The van der Waals surface area contributed by atoms with Gasteiger partial charge in [-0.1, -0.05) is 30.5 Å². The van der Waals surface area contributed by atoms with Crippen LogP contribution >= 0.6 is 22.9 Å². The molecular formula is C18H20ClNO3S2. The molecule has 4 nitrogen and oxygen atoms in total. The number of amides is 1. The van der Waals surface area contributed by atoms with Gasteiger partial charge >= 0.3 is 0 Å². The number of hydrogen-bond acceptors (Lipinski definition) is 4. The van der Waals surface area contributed by atoms with Gasteiger partial charge in [-0.05, 0) is 55.0 Å². The van der Waals surface area contributed by atoms with Crippen molar-refractivity contribution in [1.82, 2.24) is 5.32 Å². The second kappa shape index (κ2) is 7.48. The first-order valence-electron chi connectivity index (χ1n) is 8.27. The van der Waals surface area contributed by atoms with Crippen molar-refractivity contribution in [3.8, 4) is 0 Å². The van der Waals surface area contributed by atoms with Crippen LogP contribution in [0.15, 0.2) is 46.7 Å². The highest BCUT2D eigenvalue weighted by atomic mass is 35.5. The van der Waals surface area contributed by atoms with Gasteiger partial charge in [0.05, 0.1) is 4.90 Å². The summed E-state index contributed by atoms with van der Waals surface area (Å²) in [6.07, 6.45) is 2.92. The van der Waals surface area contributed by atoms with E-state index in [0.717, 1.165) is 12.8 Å². The van der Waals surface area contributed by atoms with Crippen molar-refractivity contribution in [3.05, 3.63) is 51.7 Å². The van der Waals surface area contributed by atoms with E-state index < -0.39 is 14.6 Å². The highest BCUT2D eigenvalue weighted by Crippen LogP contribution is 2.41. The second-order valence-electron chi connectivity index (χ2n) is 6.24. The zero-order valence-electron chi connectivity index (χ0n) is 13.7. The van der Waals surface area contributed by atoms with Gasteiger partial charge in [0.1, 0.15) is 0 Å². The van der Waals surface area contributed by atoms with Gasteiger partial charge in [-0.2, -0.15) is 0 Å². The van der Waals surface area contributed by atoms with Crippen molar-refractivity contribution in [2.75, 3.05) is 6.54 Å². The van der Waals surface area contributed by atoms with Gasteiger partial charge in [0.25, 0.3) is 0 Å². The number of carbonyl (C=O) groups is 1. The van der Waals surface area contributed by atoms with Crippen LogP contribution in [0.2, 0.25) is 5.02 Å². The minimum atomic E-state index is -3.77. The van der Waals surface area contributed by atoms with Gasteiger partial charge in [0.15, 0.2) is 14.6 Å². The van der Waals surface area contributed by atoms with Gasteiger partial charge in [-0.25, -0.2) is 8.42 Å². The van der Waals surface area contributed by atoms with E-state index >= 15 is 0 Å². The molecule has 0 aliphatic heterocycles. The number of benzene rings is 1. The molecule has 0 radical (unpaired) electrons. The zero-order chi connectivity index (χ0) is 17.9. The Morgan fingerprint density at radius 1 is 1.16 bits per heavy atom. The largest absolute Gasteiger partial charge is 0.354 e. The summed E-state index contributed by atoms with van der Waals surface area (Å²) in [5, 5.41) is 5.31. The molecule has 134 valence electrons. The number of rotatable bonds is 6. The smallest absolute Gasteiger partial charge is 0.241 e. The van der Waals surface area contributed by atoms with E-state index in [1.807, 2.05) is 17.5 Å². The third-order valence-electron chi connectivity index (χ3n) is 4.70. The molecule has 25 heavy (non-hydrogen) atoms. The average molecular weight is 398 g/mol. The summed E-state index contributed by atoms with van der Waals surface area (Å²) >= 11 is 7.49. The van der Waals surface area contributed by atoms with Crippen LogP contribution in [0.1, 0.15) is 30.6 Å². The summed E-state index contributed by atoms with van der Waals surface area (Å²) in [6.45, 7) is 0.442. The lowest BCUT2D eigenvalue weighted by Crippen LogP contribution is -2.51. The predicted molar refractivity (Wildman–Crippen MR) is 101 cm³/mol. The summed E-state index contributed by atoms with van der Waals surface area (Å²) in [4.78, 5) is 14.2. The van der Waals surface area contributed by atoms with Crippen LogP contribution in [-0.4, -0.2) is 25.6 Å². The summed E-state index contributed by atoms with van der Waals surface area (Å²) in [6, 6.07) is 10.0. The maximum absolute atomic E-state index is 13.2. The van der Waals surface area contributed by atoms with Crippen molar-refractivity contribution in [1.29, 1.82) is 0 Å². The molecule has 0 bridgehead atoms. The van der Waals surface area contributed by atoms with Crippen LogP contribution in [-0.2, 0) is 21.1 Å². The second-order valence-corrected chi connectivity index (χ2v) is 9.97. The number of thiophene rings is 1. The van der Waals surface area contributed by atoms with Gasteiger partial charge in [-0.3, -0.25) is 4.79 Å². The minimum Gasteiger partial charge on any atom is -0.354 e. The Morgan fingerprint density at radius 3 is 2.44 bits per heavy atom. The van der Waals surface area contributed by atoms with Crippen molar-refractivity contribution in [2.45, 2.75) is 41.7 Å². The number of halogens is 1. The monoisotopic (exact) mass is 397 g/mol. The van der Waals surface area contributed by atoms with Crippen LogP contribution in [0.25, 0.3) is 0 Å². The van der Waals surface area contributed by atoms with Gasteiger partial charge in [-0.15, -0.1) is 11.3 Å². The first-order chi connectivity index (χ1) is 12.0. The first-order valence-corrected chi connectivity index (χ1v) is 11.0. The van der Waals surface area contributed by atoms with Crippen LogP contribution in [0.3, 0.4) is 0 Å². The summed E-state index contributed by atoms with van der Waals surface area (Å²) in [5.41, 5.74) is 0. The molecule has 1 amide bonds. The molecule has 1 aliphatic rings. The quantitative estimate of drug-likeness (QED) is 0.805. The molecule has 1 N–H and O–H groups in total. The molecule has 2 aromatic rings. The Balaban J connectivity index is 1.80. The molecular weight excluding hydrogens is 378 g/mol. The fourth-order valence-electron chi connectivity index (χ4n) is 3.32. The van der Waals surface area contributed by atoms with Crippen LogP contribution in [0.4, 0.5) is 0 Å². The Hall–Kier alpha value is -1.37. The Morgan fingerprint density at radius 2 is 1.84 bits per heavy atom.